The fraction of sp³-hybridized carbons (Fsp3) is 0.619. The van der Waals surface area contributed by atoms with Crippen molar-refractivity contribution in [3.8, 4) is 0 Å². The number of rotatable bonds is 6. The number of halogens is 1. The molecule has 2 aliphatic rings. The summed E-state index contributed by atoms with van der Waals surface area (Å²) in [6, 6.07) is 8.31. The third kappa shape index (κ3) is 6.51. The largest absolute Gasteiger partial charge is 0.481 e. The maximum Gasteiger partial charge on any atom is 0.303 e. The van der Waals surface area contributed by atoms with Crippen molar-refractivity contribution >= 4 is 24.3 Å². The fourth-order valence-electron chi connectivity index (χ4n) is 4.28. The van der Waals surface area contributed by atoms with Crippen LogP contribution in [0.3, 0.4) is 0 Å². The molecular weight excluding hydrogens is 364 g/mol. The molecule has 2 fully saturated rings. The van der Waals surface area contributed by atoms with Crippen molar-refractivity contribution in [3.05, 3.63) is 35.4 Å². The molecule has 1 aliphatic heterocycles. The summed E-state index contributed by atoms with van der Waals surface area (Å²) in [7, 11) is 0. The number of nitrogens with one attached hydrogen (secondary N) is 2. The molecule has 1 aromatic rings. The Hall–Kier alpha value is -1.59. The van der Waals surface area contributed by atoms with Gasteiger partial charge in [0.15, 0.2) is 0 Å². The summed E-state index contributed by atoms with van der Waals surface area (Å²) in [6.45, 7) is 2.10. The molecule has 150 valence electrons. The van der Waals surface area contributed by atoms with Gasteiger partial charge in [-0.2, -0.15) is 0 Å². The quantitative estimate of drug-likeness (QED) is 0.686. The average molecular weight is 395 g/mol. The van der Waals surface area contributed by atoms with Crippen LogP contribution in [0.5, 0.6) is 0 Å². The lowest BCUT2D eigenvalue weighted by Crippen LogP contribution is -2.37. The summed E-state index contributed by atoms with van der Waals surface area (Å²) >= 11 is 0. The monoisotopic (exact) mass is 394 g/mol. The molecule has 1 heterocycles. The third-order valence-electron chi connectivity index (χ3n) is 5.91. The SMILES string of the molecule is Cl.O=C(O)CCC1CCC(NC(=O)c2cccc(C3CCNCC3)c2)CC1. The van der Waals surface area contributed by atoms with Crippen LogP contribution in [0.4, 0.5) is 0 Å². The molecule has 3 N–H and O–H groups in total. The van der Waals surface area contributed by atoms with Gasteiger partial charge in [0, 0.05) is 18.0 Å². The van der Waals surface area contributed by atoms with Crippen LogP contribution in [0.2, 0.25) is 0 Å². The Balaban J connectivity index is 0.00000261. The Labute approximate surface area is 167 Å². The van der Waals surface area contributed by atoms with Crippen LogP contribution in [0, 0.1) is 5.92 Å². The lowest BCUT2D eigenvalue weighted by molar-refractivity contribution is -0.137. The molecule has 27 heavy (non-hydrogen) atoms. The van der Waals surface area contributed by atoms with Gasteiger partial charge in [-0.1, -0.05) is 12.1 Å². The number of carbonyl (C=O) groups excluding carboxylic acids is 1. The molecule has 1 amide bonds. The van der Waals surface area contributed by atoms with Gasteiger partial charge < -0.3 is 15.7 Å². The minimum atomic E-state index is -0.714. The molecule has 1 aromatic carbocycles. The van der Waals surface area contributed by atoms with Gasteiger partial charge in [0.2, 0.25) is 0 Å². The van der Waals surface area contributed by atoms with Gasteiger partial charge in [-0.05, 0) is 87.6 Å². The van der Waals surface area contributed by atoms with E-state index in [1.807, 2.05) is 12.1 Å². The molecule has 3 rings (SSSR count). The molecule has 0 bridgehead atoms. The standard InChI is InChI=1S/C21H30N2O3.ClH/c24-20(25)9-6-15-4-7-19(8-5-15)23-21(26)18-3-1-2-17(14-18)16-10-12-22-13-11-16;/h1-3,14-16,19,22H,4-13H2,(H,23,26)(H,24,25);1H. The molecular formula is C21H31ClN2O3. The highest BCUT2D eigenvalue weighted by atomic mass is 35.5. The molecule has 5 nitrogen and oxygen atoms in total. The summed E-state index contributed by atoms with van der Waals surface area (Å²) < 4.78 is 0. The van der Waals surface area contributed by atoms with Crippen molar-refractivity contribution in [1.82, 2.24) is 10.6 Å². The van der Waals surface area contributed by atoms with E-state index in [9.17, 15) is 9.59 Å². The highest BCUT2D eigenvalue weighted by Gasteiger charge is 2.23. The number of piperidine rings is 1. The van der Waals surface area contributed by atoms with Crippen LogP contribution < -0.4 is 10.6 Å². The van der Waals surface area contributed by atoms with Crippen LogP contribution in [-0.2, 0) is 4.79 Å². The lowest BCUT2D eigenvalue weighted by atomic mass is 9.83. The normalized spacial score (nSPS) is 23.3. The zero-order chi connectivity index (χ0) is 18.4. The molecule has 0 radical (unpaired) electrons. The first-order valence-electron chi connectivity index (χ1n) is 9.95. The maximum atomic E-state index is 12.6. The van der Waals surface area contributed by atoms with Crippen molar-refractivity contribution in [3.63, 3.8) is 0 Å². The summed E-state index contributed by atoms with van der Waals surface area (Å²) in [5.41, 5.74) is 2.03. The van der Waals surface area contributed by atoms with E-state index in [4.69, 9.17) is 5.11 Å². The first-order chi connectivity index (χ1) is 12.6. The Morgan fingerprint density at radius 3 is 2.44 bits per heavy atom. The minimum absolute atomic E-state index is 0. The van der Waals surface area contributed by atoms with E-state index < -0.39 is 5.97 Å². The summed E-state index contributed by atoms with van der Waals surface area (Å²) in [6.07, 6.45) is 7.19. The topological polar surface area (TPSA) is 78.4 Å². The van der Waals surface area contributed by atoms with Crippen molar-refractivity contribution < 1.29 is 14.7 Å². The number of aliphatic carboxylic acids is 1. The number of hydrogen-bond acceptors (Lipinski definition) is 3. The smallest absolute Gasteiger partial charge is 0.303 e. The Morgan fingerprint density at radius 2 is 1.78 bits per heavy atom. The van der Waals surface area contributed by atoms with Crippen LogP contribution in [0.25, 0.3) is 0 Å². The molecule has 0 atom stereocenters. The minimum Gasteiger partial charge on any atom is -0.481 e. The Bertz CT molecular complexity index is 624. The predicted octanol–water partition coefficient (Wildman–Crippen LogP) is 3.73. The number of hydrogen-bond donors (Lipinski definition) is 3. The van der Waals surface area contributed by atoms with Gasteiger partial charge in [-0.15, -0.1) is 12.4 Å². The summed E-state index contributed by atoms with van der Waals surface area (Å²) in [4.78, 5) is 23.3. The average Bonchev–Trinajstić information content (AvgIpc) is 2.68. The fourth-order valence-corrected chi connectivity index (χ4v) is 4.28. The summed E-state index contributed by atoms with van der Waals surface area (Å²) in [5.74, 6) is 0.347. The summed E-state index contributed by atoms with van der Waals surface area (Å²) in [5, 5.41) is 15.4. The van der Waals surface area contributed by atoms with Crippen LogP contribution in [0.15, 0.2) is 24.3 Å². The number of carboxylic acids is 1. The van der Waals surface area contributed by atoms with Crippen molar-refractivity contribution in [2.45, 2.75) is 63.3 Å². The van der Waals surface area contributed by atoms with Gasteiger partial charge in [0.25, 0.3) is 5.91 Å². The van der Waals surface area contributed by atoms with E-state index in [-0.39, 0.29) is 30.8 Å². The first-order valence-corrected chi connectivity index (χ1v) is 9.95. The van der Waals surface area contributed by atoms with Gasteiger partial charge >= 0.3 is 5.97 Å². The molecule has 1 saturated carbocycles. The Morgan fingerprint density at radius 1 is 1.07 bits per heavy atom. The molecule has 0 unspecified atom stereocenters. The second-order valence-corrected chi connectivity index (χ2v) is 7.77. The van der Waals surface area contributed by atoms with E-state index in [1.54, 1.807) is 0 Å². The van der Waals surface area contributed by atoms with Crippen LogP contribution in [-0.4, -0.2) is 36.1 Å². The zero-order valence-electron chi connectivity index (χ0n) is 15.8. The molecule has 1 aliphatic carbocycles. The maximum absolute atomic E-state index is 12.6. The van der Waals surface area contributed by atoms with Gasteiger partial charge in [-0.3, -0.25) is 9.59 Å². The second kappa shape index (κ2) is 10.7. The van der Waals surface area contributed by atoms with Gasteiger partial charge in [-0.25, -0.2) is 0 Å². The van der Waals surface area contributed by atoms with E-state index in [0.29, 0.717) is 11.8 Å². The number of amides is 1. The van der Waals surface area contributed by atoms with Crippen LogP contribution in [0.1, 0.15) is 73.2 Å². The lowest BCUT2D eigenvalue weighted by Gasteiger charge is -2.29. The highest BCUT2D eigenvalue weighted by molar-refractivity contribution is 5.94. The van der Waals surface area contributed by atoms with Crippen molar-refractivity contribution in [2.75, 3.05) is 13.1 Å². The van der Waals surface area contributed by atoms with Gasteiger partial charge in [0.05, 0.1) is 0 Å². The molecule has 6 heteroatoms. The highest BCUT2D eigenvalue weighted by Crippen LogP contribution is 2.29. The number of carbonyl (C=O) groups is 2. The van der Waals surface area contributed by atoms with Crippen molar-refractivity contribution in [2.24, 2.45) is 5.92 Å². The predicted molar refractivity (Wildman–Crippen MR) is 109 cm³/mol. The molecule has 0 spiro atoms. The first kappa shape index (κ1) is 21.7. The van der Waals surface area contributed by atoms with E-state index in [2.05, 4.69) is 22.8 Å². The third-order valence-corrected chi connectivity index (χ3v) is 5.91. The van der Waals surface area contributed by atoms with E-state index >= 15 is 0 Å². The van der Waals surface area contributed by atoms with Crippen molar-refractivity contribution in [1.29, 1.82) is 0 Å². The van der Waals surface area contributed by atoms with E-state index in [0.717, 1.165) is 63.6 Å². The number of benzene rings is 1. The molecule has 0 aromatic heterocycles. The van der Waals surface area contributed by atoms with E-state index in [1.165, 1.54) is 5.56 Å². The second-order valence-electron chi connectivity index (χ2n) is 7.77. The number of carboxylic acid groups (broad SMARTS) is 1. The Kier molecular flexibility index (Phi) is 8.58. The zero-order valence-corrected chi connectivity index (χ0v) is 16.6. The van der Waals surface area contributed by atoms with Gasteiger partial charge in [0.1, 0.15) is 0 Å². The molecule has 1 saturated heterocycles. The van der Waals surface area contributed by atoms with Crippen LogP contribution >= 0.6 is 12.4 Å².